The van der Waals surface area contributed by atoms with Crippen LogP contribution in [0.25, 0.3) is 10.8 Å². The van der Waals surface area contributed by atoms with Crippen molar-refractivity contribution in [2.45, 2.75) is 6.04 Å². The highest BCUT2D eigenvalue weighted by Crippen LogP contribution is 2.36. The summed E-state index contributed by atoms with van der Waals surface area (Å²) in [5, 5.41) is 14.1. The van der Waals surface area contributed by atoms with Crippen molar-refractivity contribution in [2.75, 3.05) is 20.3 Å². The van der Waals surface area contributed by atoms with Gasteiger partial charge < -0.3 is 19.9 Å². The standard InChI is InChI=1S/C22H19Cl2NO5/c1-29-22(28)15-7-14-8-16(23)10-17(24)21(14)19(9-15)30-12-20(27)25-18(11-26)13-5-3-2-4-6-13/h2-10,18,26H,11-12H2,1H3,(H,25,27). The smallest absolute Gasteiger partial charge is 0.338 e. The lowest BCUT2D eigenvalue weighted by molar-refractivity contribution is -0.124. The Morgan fingerprint density at radius 1 is 1.10 bits per heavy atom. The Hall–Kier alpha value is -2.80. The van der Waals surface area contributed by atoms with Gasteiger partial charge in [0.25, 0.3) is 5.91 Å². The minimum absolute atomic E-state index is 0.233. The summed E-state index contributed by atoms with van der Waals surface area (Å²) in [5.74, 6) is -0.767. The fourth-order valence-electron chi connectivity index (χ4n) is 3.04. The van der Waals surface area contributed by atoms with E-state index in [2.05, 4.69) is 5.32 Å². The van der Waals surface area contributed by atoms with Crippen molar-refractivity contribution in [3.05, 3.63) is 75.8 Å². The number of aliphatic hydroxyl groups is 1. The van der Waals surface area contributed by atoms with Crippen molar-refractivity contribution in [1.29, 1.82) is 0 Å². The third-order valence-corrected chi connectivity index (χ3v) is 4.95. The Morgan fingerprint density at radius 3 is 2.50 bits per heavy atom. The van der Waals surface area contributed by atoms with E-state index in [0.717, 1.165) is 5.56 Å². The lowest BCUT2D eigenvalue weighted by Crippen LogP contribution is -2.34. The van der Waals surface area contributed by atoms with Crippen LogP contribution in [0.5, 0.6) is 5.75 Å². The van der Waals surface area contributed by atoms with Gasteiger partial charge in [0.2, 0.25) is 0 Å². The van der Waals surface area contributed by atoms with Crippen LogP contribution < -0.4 is 10.1 Å². The van der Waals surface area contributed by atoms with Crippen molar-refractivity contribution < 1.29 is 24.2 Å². The molecule has 0 bridgehead atoms. The Morgan fingerprint density at radius 2 is 1.83 bits per heavy atom. The SMILES string of the molecule is COC(=O)c1cc(OCC(=O)NC(CO)c2ccccc2)c2c(Cl)cc(Cl)cc2c1. The van der Waals surface area contributed by atoms with Gasteiger partial charge in [-0.3, -0.25) is 4.79 Å². The number of hydrogen-bond acceptors (Lipinski definition) is 5. The number of hydrogen-bond donors (Lipinski definition) is 2. The summed E-state index contributed by atoms with van der Waals surface area (Å²) >= 11 is 12.4. The van der Waals surface area contributed by atoms with Gasteiger partial charge in [-0.15, -0.1) is 0 Å². The van der Waals surface area contributed by atoms with Crippen LogP contribution in [0.4, 0.5) is 0 Å². The van der Waals surface area contributed by atoms with Crippen molar-refractivity contribution in [1.82, 2.24) is 5.32 Å². The number of carbonyl (C=O) groups excluding carboxylic acids is 2. The number of ether oxygens (including phenoxy) is 2. The van der Waals surface area contributed by atoms with Gasteiger partial charge >= 0.3 is 5.97 Å². The van der Waals surface area contributed by atoms with Gasteiger partial charge in [0, 0.05) is 10.4 Å². The number of amides is 1. The molecule has 0 aliphatic carbocycles. The van der Waals surface area contributed by atoms with E-state index in [1.165, 1.54) is 13.2 Å². The molecule has 0 fully saturated rings. The molecule has 3 rings (SSSR count). The molecule has 156 valence electrons. The third-order valence-electron chi connectivity index (χ3n) is 4.43. The van der Waals surface area contributed by atoms with Crippen molar-refractivity contribution in [3.8, 4) is 5.75 Å². The summed E-state index contributed by atoms with van der Waals surface area (Å²) in [6.07, 6.45) is 0. The number of nitrogens with one attached hydrogen (secondary N) is 1. The van der Waals surface area contributed by atoms with Gasteiger partial charge in [-0.25, -0.2) is 4.79 Å². The van der Waals surface area contributed by atoms with E-state index in [0.29, 0.717) is 20.8 Å². The molecule has 0 saturated carbocycles. The molecular formula is C22H19Cl2NO5. The lowest BCUT2D eigenvalue weighted by Gasteiger charge is -2.18. The van der Waals surface area contributed by atoms with Gasteiger partial charge in [-0.2, -0.15) is 0 Å². The van der Waals surface area contributed by atoms with Crippen LogP contribution in [0.15, 0.2) is 54.6 Å². The molecule has 3 aromatic rings. The Labute approximate surface area is 183 Å². The molecule has 0 heterocycles. The molecule has 1 amide bonds. The summed E-state index contributed by atoms with van der Waals surface area (Å²) in [6, 6.07) is 14.8. The molecule has 0 aliphatic rings. The lowest BCUT2D eigenvalue weighted by atomic mass is 10.1. The van der Waals surface area contributed by atoms with Crippen molar-refractivity contribution in [2.24, 2.45) is 0 Å². The highest BCUT2D eigenvalue weighted by atomic mass is 35.5. The van der Waals surface area contributed by atoms with Gasteiger partial charge in [0.1, 0.15) is 5.75 Å². The molecule has 0 saturated heterocycles. The van der Waals surface area contributed by atoms with E-state index in [9.17, 15) is 14.7 Å². The zero-order valence-electron chi connectivity index (χ0n) is 16.0. The van der Waals surface area contributed by atoms with Crippen LogP contribution in [0, 0.1) is 0 Å². The molecule has 8 heteroatoms. The van der Waals surface area contributed by atoms with Gasteiger partial charge in [0.05, 0.1) is 30.3 Å². The fourth-order valence-corrected chi connectivity index (χ4v) is 3.64. The average molecular weight is 448 g/mol. The van der Waals surface area contributed by atoms with Gasteiger partial charge in [-0.05, 0) is 35.2 Å². The van der Waals surface area contributed by atoms with E-state index in [1.54, 1.807) is 30.3 Å². The Kier molecular flexibility index (Phi) is 7.15. The molecule has 0 spiro atoms. The molecular weight excluding hydrogens is 429 g/mol. The fraction of sp³-hybridized carbons (Fsp3) is 0.182. The van der Waals surface area contributed by atoms with E-state index in [1.807, 2.05) is 18.2 Å². The van der Waals surface area contributed by atoms with Gasteiger partial charge in [0.15, 0.2) is 6.61 Å². The average Bonchev–Trinajstić information content (AvgIpc) is 2.75. The van der Waals surface area contributed by atoms with Crippen LogP contribution in [0.3, 0.4) is 0 Å². The second-order valence-electron chi connectivity index (χ2n) is 6.45. The van der Waals surface area contributed by atoms with E-state index >= 15 is 0 Å². The molecule has 1 atom stereocenters. The van der Waals surface area contributed by atoms with Crippen molar-refractivity contribution in [3.63, 3.8) is 0 Å². The predicted octanol–water partition coefficient (Wildman–Crippen LogP) is 4.16. The normalized spacial score (nSPS) is 11.7. The maximum atomic E-state index is 12.4. The Balaban J connectivity index is 1.84. The van der Waals surface area contributed by atoms with E-state index in [4.69, 9.17) is 32.7 Å². The first-order valence-corrected chi connectivity index (χ1v) is 9.77. The largest absolute Gasteiger partial charge is 0.483 e. The second-order valence-corrected chi connectivity index (χ2v) is 7.30. The molecule has 0 aromatic heterocycles. The minimum Gasteiger partial charge on any atom is -0.483 e. The van der Waals surface area contributed by atoms with Crippen LogP contribution in [-0.4, -0.2) is 37.3 Å². The Bertz CT molecular complexity index is 1070. The highest BCUT2D eigenvalue weighted by molar-refractivity contribution is 6.39. The molecule has 1 unspecified atom stereocenters. The predicted molar refractivity (Wildman–Crippen MR) is 115 cm³/mol. The first-order chi connectivity index (χ1) is 14.4. The molecule has 30 heavy (non-hydrogen) atoms. The van der Waals surface area contributed by atoms with Crippen LogP contribution in [0.1, 0.15) is 22.0 Å². The third kappa shape index (κ3) is 5.02. The number of aliphatic hydroxyl groups excluding tert-OH is 1. The number of methoxy groups -OCH3 is 1. The zero-order chi connectivity index (χ0) is 21.7. The number of rotatable bonds is 7. The summed E-state index contributed by atoms with van der Waals surface area (Å²) in [5.41, 5.74) is 1.00. The van der Waals surface area contributed by atoms with Gasteiger partial charge in [-0.1, -0.05) is 53.5 Å². The van der Waals surface area contributed by atoms with Crippen LogP contribution in [0.2, 0.25) is 10.0 Å². The first-order valence-electron chi connectivity index (χ1n) is 9.02. The first kappa shape index (κ1) is 21.9. The number of halogens is 2. The quantitative estimate of drug-likeness (QED) is 0.531. The molecule has 3 aromatic carbocycles. The maximum Gasteiger partial charge on any atom is 0.338 e. The molecule has 0 aliphatic heterocycles. The second kappa shape index (κ2) is 9.80. The van der Waals surface area contributed by atoms with E-state index in [-0.39, 0.29) is 24.5 Å². The summed E-state index contributed by atoms with van der Waals surface area (Å²) in [7, 11) is 1.27. The van der Waals surface area contributed by atoms with Crippen LogP contribution in [-0.2, 0) is 9.53 Å². The monoisotopic (exact) mass is 447 g/mol. The maximum absolute atomic E-state index is 12.4. The number of fused-ring (bicyclic) bond motifs is 1. The summed E-state index contributed by atoms with van der Waals surface area (Å²) in [4.78, 5) is 24.4. The summed E-state index contributed by atoms with van der Waals surface area (Å²) < 4.78 is 10.5. The zero-order valence-corrected chi connectivity index (χ0v) is 17.5. The van der Waals surface area contributed by atoms with E-state index < -0.39 is 17.9 Å². The number of carbonyl (C=O) groups is 2. The van der Waals surface area contributed by atoms with Crippen LogP contribution >= 0.6 is 23.2 Å². The minimum atomic E-state index is -0.567. The summed E-state index contributed by atoms with van der Waals surface area (Å²) in [6.45, 7) is -0.608. The molecule has 2 N–H and O–H groups in total. The highest BCUT2D eigenvalue weighted by Gasteiger charge is 2.17. The molecule has 6 nitrogen and oxygen atoms in total. The number of benzene rings is 3. The number of esters is 1. The van der Waals surface area contributed by atoms with Crippen molar-refractivity contribution >= 4 is 45.9 Å². The topological polar surface area (TPSA) is 84.9 Å². The molecule has 0 radical (unpaired) electrons.